The number of carbonyl (C=O) groups is 2. The number of esters is 2. The second-order valence-electron chi connectivity index (χ2n) is 4.40. The fourth-order valence-electron chi connectivity index (χ4n) is 3.44. The Morgan fingerprint density at radius 2 is 1.64 bits per heavy atom. The van der Waals surface area contributed by atoms with E-state index in [9.17, 15) is 9.59 Å². The lowest BCUT2D eigenvalue weighted by molar-refractivity contribution is -0.155. The fourth-order valence-corrected chi connectivity index (χ4v) is 3.44. The molecule has 1 unspecified atom stereocenters. The highest BCUT2D eigenvalue weighted by Crippen LogP contribution is 2.56. The minimum absolute atomic E-state index is 0.164. The number of cyclic esters (lactones) is 2. The van der Waals surface area contributed by atoms with Crippen molar-refractivity contribution >= 4 is 11.9 Å². The van der Waals surface area contributed by atoms with Crippen molar-refractivity contribution in [1.82, 2.24) is 0 Å². The van der Waals surface area contributed by atoms with Gasteiger partial charge < -0.3 is 4.74 Å². The summed E-state index contributed by atoms with van der Waals surface area (Å²) < 4.78 is 4.68. The lowest BCUT2D eigenvalue weighted by Gasteiger charge is -2.14. The molecule has 1 saturated heterocycles. The molecule has 2 fully saturated rings. The quantitative estimate of drug-likeness (QED) is 0.355. The first-order valence-electron chi connectivity index (χ1n) is 5.18. The molecule has 0 N–H and O–H groups in total. The first-order valence-corrected chi connectivity index (χ1v) is 5.18. The van der Waals surface area contributed by atoms with E-state index < -0.39 is 0 Å². The highest BCUT2D eigenvalue weighted by Gasteiger charge is 2.61. The molecule has 0 aromatic heterocycles. The molecule has 1 heterocycles. The number of ether oxygens (including phenoxy) is 1. The molecule has 14 heavy (non-hydrogen) atoms. The standard InChI is InChI=1S/C11H12O3/c1-2-5-6-3-4-7(5)9-8(6)10(12)14-11(9)13/h3-9H,2H2,1H3/t5?,6-,7-,8-,9+/m1/s1. The number of rotatable bonds is 1. The molecule has 2 bridgehead atoms. The van der Waals surface area contributed by atoms with E-state index in [-0.39, 0.29) is 35.6 Å². The summed E-state index contributed by atoms with van der Waals surface area (Å²) >= 11 is 0. The van der Waals surface area contributed by atoms with Crippen molar-refractivity contribution in [2.24, 2.45) is 29.6 Å². The van der Waals surface area contributed by atoms with E-state index >= 15 is 0 Å². The van der Waals surface area contributed by atoms with E-state index in [4.69, 9.17) is 0 Å². The van der Waals surface area contributed by atoms with Crippen molar-refractivity contribution in [1.29, 1.82) is 0 Å². The summed E-state index contributed by atoms with van der Waals surface area (Å²) in [4.78, 5) is 22.9. The van der Waals surface area contributed by atoms with Crippen molar-refractivity contribution < 1.29 is 14.3 Å². The number of allylic oxidation sites excluding steroid dienone is 2. The Kier molecular flexibility index (Phi) is 1.45. The van der Waals surface area contributed by atoms with E-state index in [0.29, 0.717) is 5.92 Å². The highest BCUT2D eigenvalue weighted by molar-refractivity contribution is 5.98. The molecule has 5 atom stereocenters. The van der Waals surface area contributed by atoms with Gasteiger partial charge in [0.05, 0.1) is 11.8 Å². The topological polar surface area (TPSA) is 43.4 Å². The van der Waals surface area contributed by atoms with Crippen LogP contribution in [0, 0.1) is 29.6 Å². The van der Waals surface area contributed by atoms with Crippen molar-refractivity contribution in [2.75, 3.05) is 0 Å². The molecule has 0 amide bonds. The summed E-state index contributed by atoms with van der Waals surface area (Å²) in [6.45, 7) is 2.12. The van der Waals surface area contributed by atoms with Gasteiger partial charge >= 0.3 is 11.9 Å². The summed E-state index contributed by atoms with van der Waals surface area (Å²) in [5.41, 5.74) is 0. The van der Waals surface area contributed by atoms with E-state index in [0.717, 1.165) is 6.42 Å². The Labute approximate surface area is 82.1 Å². The third kappa shape index (κ3) is 0.740. The fraction of sp³-hybridized carbons (Fsp3) is 0.636. The van der Waals surface area contributed by atoms with Gasteiger partial charge in [-0.3, -0.25) is 9.59 Å². The van der Waals surface area contributed by atoms with Crippen LogP contribution in [0.3, 0.4) is 0 Å². The monoisotopic (exact) mass is 192 g/mol. The Hall–Kier alpha value is -1.12. The molecule has 0 spiro atoms. The third-order valence-corrected chi connectivity index (χ3v) is 3.98. The lowest BCUT2D eigenvalue weighted by atomic mass is 9.85. The van der Waals surface area contributed by atoms with Gasteiger partial charge in [-0.15, -0.1) is 0 Å². The average molecular weight is 192 g/mol. The van der Waals surface area contributed by atoms with Crippen LogP contribution in [-0.4, -0.2) is 11.9 Å². The Morgan fingerprint density at radius 1 is 1.14 bits per heavy atom. The number of hydrogen-bond donors (Lipinski definition) is 0. The maximum Gasteiger partial charge on any atom is 0.318 e. The van der Waals surface area contributed by atoms with E-state index in [1.165, 1.54) is 0 Å². The molecule has 2 aliphatic carbocycles. The van der Waals surface area contributed by atoms with Gasteiger partial charge in [0.15, 0.2) is 0 Å². The van der Waals surface area contributed by atoms with Crippen LogP contribution in [0.1, 0.15) is 13.3 Å². The molecule has 0 aromatic carbocycles. The lowest BCUT2D eigenvalue weighted by Crippen LogP contribution is -2.21. The maximum atomic E-state index is 11.4. The molecule has 3 nitrogen and oxygen atoms in total. The van der Waals surface area contributed by atoms with Crippen LogP contribution < -0.4 is 0 Å². The SMILES string of the molecule is CCC1[C@H]2C=C[C@H]1[C@H]1C(=O)OC(=O)[C@H]12. The van der Waals surface area contributed by atoms with Crippen molar-refractivity contribution in [3.63, 3.8) is 0 Å². The van der Waals surface area contributed by atoms with Crippen LogP contribution in [0.4, 0.5) is 0 Å². The minimum atomic E-state index is -0.296. The highest BCUT2D eigenvalue weighted by atomic mass is 16.6. The molecule has 3 aliphatic rings. The molecular weight excluding hydrogens is 180 g/mol. The molecule has 0 aromatic rings. The number of hydrogen-bond acceptors (Lipinski definition) is 3. The summed E-state index contributed by atoms with van der Waals surface area (Å²) in [5, 5.41) is 0. The summed E-state index contributed by atoms with van der Waals surface area (Å²) in [6.07, 6.45) is 5.23. The number of fused-ring (bicyclic) bond motifs is 5. The average Bonchev–Trinajstić information content (AvgIpc) is 2.77. The molecular formula is C11H12O3. The first-order chi connectivity index (χ1) is 6.74. The van der Waals surface area contributed by atoms with Gasteiger partial charge in [-0.25, -0.2) is 0 Å². The van der Waals surface area contributed by atoms with Gasteiger partial charge in [0.1, 0.15) is 0 Å². The zero-order valence-electron chi connectivity index (χ0n) is 7.97. The molecule has 0 radical (unpaired) electrons. The Bertz CT molecular complexity index is 314. The van der Waals surface area contributed by atoms with Gasteiger partial charge in [0, 0.05) is 0 Å². The number of carbonyl (C=O) groups excluding carboxylic acids is 2. The van der Waals surface area contributed by atoms with Crippen LogP contribution in [0.25, 0.3) is 0 Å². The Balaban J connectivity index is 2.03. The van der Waals surface area contributed by atoms with Gasteiger partial charge in [-0.1, -0.05) is 25.5 Å². The van der Waals surface area contributed by atoms with Crippen LogP contribution in [0.5, 0.6) is 0 Å². The minimum Gasteiger partial charge on any atom is -0.393 e. The molecule has 3 heteroatoms. The van der Waals surface area contributed by atoms with Gasteiger partial charge in [-0.2, -0.15) is 0 Å². The summed E-state index contributed by atoms with van der Waals surface area (Å²) in [6, 6.07) is 0. The summed E-state index contributed by atoms with van der Waals surface area (Å²) in [7, 11) is 0. The predicted molar refractivity (Wildman–Crippen MR) is 48.0 cm³/mol. The van der Waals surface area contributed by atoms with Crippen LogP contribution >= 0.6 is 0 Å². The van der Waals surface area contributed by atoms with Crippen LogP contribution in [-0.2, 0) is 14.3 Å². The van der Waals surface area contributed by atoms with Crippen molar-refractivity contribution in [3.8, 4) is 0 Å². The van der Waals surface area contributed by atoms with Gasteiger partial charge in [0.25, 0.3) is 0 Å². The van der Waals surface area contributed by atoms with Crippen molar-refractivity contribution in [3.05, 3.63) is 12.2 Å². The molecule has 74 valence electrons. The molecule has 1 saturated carbocycles. The smallest absolute Gasteiger partial charge is 0.318 e. The predicted octanol–water partition coefficient (Wildman–Crippen LogP) is 1.14. The van der Waals surface area contributed by atoms with Crippen molar-refractivity contribution in [2.45, 2.75) is 13.3 Å². The van der Waals surface area contributed by atoms with E-state index in [2.05, 4.69) is 23.8 Å². The normalized spacial score (nSPS) is 48.5. The van der Waals surface area contributed by atoms with Crippen LogP contribution in [0.2, 0.25) is 0 Å². The largest absolute Gasteiger partial charge is 0.393 e. The molecule has 3 rings (SSSR count). The maximum absolute atomic E-state index is 11.4. The Morgan fingerprint density at radius 3 is 2.07 bits per heavy atom. The van der Waals surface area contributed by atoms with E-state index in [1.807, 2.05) is 0 Å². The van der Waals surface area contributed by atoms with Gasteiger partial charge in [-0.05, 0) is 17.8 Å². The van der Waals surface area contributed by atoms with E-state index in [1.54, 1.807) is 0 Å². The second kappa shape index (κ2) is 2.47. The zero-order valence-corrected chi connectivity index (χ0v) is 7.97. The zero-order chi connectivity index (χ0) is 9.87. The molecule has 1 aliphatic heterocycles. The van der Waals surface area contributed by atoms with Crippen LogP contribution in [0.15, 0.2) is 12.2 Å². The van der Waals surface area contributed by atoms with Gasteiger partial charge in [0.2, 0.25) is 0 Å². The summed E-state index contributed by atoms with van der Waals surface area (Å²) in [5.74, 6) is 0.0835. The first kappa shape index (κ1) is 8.21. The third-order valence-electron chi connectivity index (χ3n) is 3.98. The second-order valence-corrected chi connectivity index (χ2v) is 4.40.